The first-order valence-electron chi connectivity index (χ1n) is 5.65. The van der Waals surface area contributed by atoms with Crippen molar-refractivity contribution >= 4 is 0 Å². The molecule has 0 unspecified atom stereocenters. The zero-order chi connectivity index (χ0) is 9.80. The molecular formula is C13H18N. The Morgan fingerprint density at radius 2 is 2.00 bits per heavy atom. The van der Waals surface area contributed by atoms with Gasteiger partial charge in [-0.2, -0.15) is 0 Å². The van der Waals surface area contributed by atoms with Gasteiger partial charge in [-0.3, -0.25) is 5.32 Å². The lowest BCUT2D eigenvalue weighted by atomic mass is 9.96. The Kier molecular flexibility index (Phi) is 3.07. The van der Waals surface area contributed by atoms with Crippen molar-refractivity contribution in [2.75, 3.05) is 0 Å². The maximum Gasteiger partial charge on any atom is 0.0688 e. The van der Waals surface area contributed by atoms with E-state index in [1.54, 1.807) is 0 Å². The van der Waals surface area contributed by atoms with Gasteiger partial charge in [0.25, 0.3) is 0 Å². The van der Waals surface area contributed by atoms with Crippen molar-refractivity contribution in [3.05, 3.63) is 35.2 Å². The van der Waals surface area contributed by atoms with Crippen molar-refractivity contribution < 1.29 is 0 Å². The van der Waals surface area contributed by atoms with E-state index in [-0.39, 0.29) is 0 Å². The standard InChI is InChI=1S/C13H18N/c1-11-9-10-14-13(11)12-7-5-3-2-4-6-8-12/h7,9-10H,2-6,8H2,1H3/b12-7+. The molecule has 0 aromatic carbocycles. The number of rotatable bonds is 1. The topological polar surface area (TPSA) is 14.1 Å². The first-order valence-corrected chi connectivity index (χ1v) is 5.65. The molecule has 2 aliphatic rings. The highest BCUT2D eigenvalue weighted by atomic mass is 14.9. The first-order chi connectivity index (χ1) is 6.88. The molecule has 1 aliphatic carbocycles. The molecule has 0 N–H and O–H groups in total. The van der Waals surface area contributed by atoms with Crippen molar-refractivity contribution in [2.45, 2.75) is 45.4 Å². The molecule has 75 valence electrons. The van der Waals surface area contributed by atoms with E-state index < -0.39 is 0 Å². The second-order valence-corrected chi connectivity index (χ2v) is 4.16. The molecule has 0 aromatic rings. The Morgan fingerprint density at radius 3 is 2.79 bits per heavy atom. The molecular weight excluding hydrogens is 170 g/mol. The molecule has 1 radical (unpaired) electrons. The lowest BCUT2D eigenvalue weighted by Gasteiger charge is -2.12. The Balaban J connectivity index is 2.11. The minimum absolute atomic E-state index is 1.22. The summed E-state index contributed by atoms with van der Waals surface area (Å²) in [4.78, 5) is 0. The molecule has 1 heteroatoms. The molecule has 0 saturated carbocycles. The van der Waals surface area contributed by atoms with Gasteiger partial charge >= 0.3 is 0 Å². The van der Waals surface area contributed by atoms with E-state index in [4.69, 9.17) is 0 Å². The molecule has 0 aromatic heterocycles. The van der Waals surface area contributed by atoms with Gasteiger partial charge in [-0.1, -0.05) is 18.9 Å². The largest absolute Gasteiger partial charge is 0.256 e. The maximum absolute atomic E-state index is 4.44. The number of nitrogens with zero attached hydrogens (tertiary/aromatic N) is 1. The monoisotopic (exact) mass is 188 g/mol. The zero-order valence-corrected chi connectivity index (χ0v) is 8.92. The van der Waals surface area contributed by atoms with Gasteiger partial charge in [-0.25, -0.2) is 0 Å². The first kappa shape index (κ1) is 9.57. The quantitative estimate of drug-likeness (QED) is 0.596. The average molecular weight is 188 g/mol. The summed E-state index contributed by atoms with van der Waals surface area (Å²) in [5.74, 6) is 0. The fourth-order valence-corrected chi connectivity index (χ4v) is 2.15. The molecule has 2 rings (SSSR count). The summed E-state index contributed by atoms with van der Waals surface area (Å²) in [5.41, 5.74) is 4.05. The predicted octanol–water partition coefficient (Wildman–Crippen LogP) is 3.67. The van der Waals surface area contributed by atoms with Crippen LogP contribution >= 0.6 is 0 Å². The normalized spacial score (nSPS) is 26.5. The highest BCUT2D eigenvalue weighted by Gasteiger charge is 2.12. The molecule has 0 bridgehead atoms. The summed E-state index contributed by atoms with van der Waals surface area (Å²) in [5, 5.41) is 4.44. The van der Waals surface area contributed by atoms with Crippen molar-refractivity contribution in [3.63, 3.8) is 0 Å². The van der Waals surface area contributed by atoms with Gasteiger partial charge in [-0.15, -0.1) is 0 Å². The lowest BCUT2D eigenvalue weighted by Crippen LogP contribution is -2.00. The fraction of sp³-hybridized carbons (Fsp3) is 0.538. The molecule has 0 fully saturated rings. The summed E-state index contributed by atoms with van der Waals surface area (Å²) in [6.45, 7) is 2.15. The second-order valence-electron chi connectivity index (χ2n) is 4.16. The van der Waals surface area contributed by atoms with Gasteiger partial charge in [0.15, 0.2) is 0 Å². The Labute approximate surface area is 86.6 Å². The third-order valence-corrected chi connectivity index (χ3v) is 3.00. The number of allylic oxidation sites excluding steroid dienone is 4. The van der Waals surface area contributed by atoms with Crippen LogP contribution in [0.1, 0.15) is 45.4 Å². The van der Waals surface area contributed by atoms with Gasteiger partial charge in [-0.05, 0) is 49.8 Å². The van der Waals surface area contributed by atoms with E-state index in [1.165, 1.54) is 55.4 Å². The van der Waals surface area contributed by atoms with E-state index in [0.29, 0.717) is 0 Å². The zero-order valence-electron chi connectivity index (χ0n) is 8.92. The SMILES string of the molecule is CC1=C(/C2=C/CCCCCC2)[N]C=C1. The molecule has 1 nitrogen and oxygen atoms in total. The summed E-state index contributed by atoms with van der Waals surface area (Å²) in [6, 6.07) is 0. The van der Waals surface area contributed by atoms with Crippen LogP contribution in [0.2, 0.25) is 0 Å². The average Bonchev–Trinajstić information content (AvgIpc) is 2.51. The summed E-state index contributed by atoms with van der Waals surface area (Å²) in [7, 11) is 0. The van der Waals surface area contributed by atoms with Crippen LogP contribution in [0.3, 0.4) is 0 Å². The van der Waals surface area contributed by atoms with Crippen LogP contribution in [-0.4, -0.2) is 0 Å². The summed E-state index contributed by atoms with van der Waals surface area (Å²) in [6.07, 6.45) is 14.4. The van der Waals surface area contributed by atoms with Gasteiger partial charge < -0.3 is 0 Å². The molecule has 0 atom stereocenters. The van der Waals surface area contributed by atoms with E-state index >= 15 is 0 Å². The Hall–Kier alpha value is -0.980. The van der Waals surface area contributed by atoms with E-state index in [2.05, 4.69) is 24.4 Å². The smallest absolute Gasteiger partial charge is 0.0688 e. The Morgan fingerprint density at radius 1 is 1.14 bits per heavy atom. The summed E-state index contributed by atoms with van der Waals surface area (Å²) >= 11 is 0. The minimum Gasteiger partial charge on any atom is -0.256 e. The number of hydrogen-bond acceptors (Lipinski definition) is 0. The van der Waals surface area contributed by atoms with Crippen LogP contribution in [0.25, 0.3) is 0 Å². The van der Waals surface area contributed by atoms with Crippen LogP contribution in [-0.2, 0) is 0 Å². The van der Waals surface area contributed by atoms with Crippen LogP contribution in [0.15, 0.2) is 35.2 Å². The predicted molar refractivity (Wildman–Crippen MR) is 59.8 cm³/mol. The van der Waals surface area contributed by atoms with Crippen molar-refractivity contribution in [3.8, 4) is 0 Å². The molecule has 0 saturated heterocycles. The highest BCUT2D eigenvalue weighted by molar-refractivity contribution is 5.42. The highest BCUT2D eigenvalue weighted by Crippen LogP contribution is 2.26. The van der Waals surface area contributed by atoms with Gasteiger partial charge in [0.1, 0.15) is 0 Å². The summed E-state index contributed by atoms with van der Waals surface area (Å²) < 4.78 is 0. The molecule has 0 amide bonds. The van der Waals surface area contributed by atoms with Crippen molar-refractivity contribution in [2.24, 2.45) is 0 Å². The van der Waals surface area contributed by atoms with Crippen molar-refractivity contribution in [1.82, 2.24) is 5.32 Å². The molecule has 1 heterocycles. The van der Waals surface area contributed by atoms with Crippen LogP contribution < -0.4 is 5.32 Å². The molecule has 1 aliphatic heterocycles. The van der Waals surface area contributed by atoms with E-state index in [1.807, 2.05) is 6.20 Å². The van der Waals surface area contributed by atoms with Crippen LogP contribution in [0.5, 0.6) is 0 Å². The fourth-order valence-electron chi connectivity index (χ4n) is 2.15. The van der Waals surface area contributed by atoms with Crippen molar-refractivity contribution in [1.29, 1.82) is 0 Å². The van der Waals surface area contributed by atoms with Crippen LogP contribution in [0.4, 0.5) is 0 Å². The molecule has 0 spiro atoms. The van der Waals surface area contributed by atoms with Gasteiger partial charge in [0, 0.05) is 6.20 Å². The van der Waals surface area contributed by atoms with Gasteiger partial charge in [0.05, 0.1) is 5.70 Å². The Bertz CT molecular complexity index is 294. The molecule has 14 heavy (non-hydrogen) atoms. The number of hydrogen-bond donors (Lipinski definition) is 0. The lowest BCUT2D eigenvalue weighted by molar-refractivity contribution is 0.624. The minimum atomic E-state index is 1.22. The van der Waals surface area contributed by atoms with E-state index in [9.17, 15) is 0 Å². The van der Waals surface area contributed by atoms with Gasteiger partial charge in [0.2, 0.25) is 0 Å². The van der Waals surface area contributed by atoms with Crippen LogP contribution in [0, 0.1) is 0 Å². The maximum atomic E-state index is 4.44. The van der Waals surface area contributed by atoms with E-state index in [0.717, 1.165) is 0 Å². The second kappa shape index (κ2) is 4.50. The third-order valence-electron chi connectivity index (χ3n) is 3.00. The third kappa shape index (κ3) is 2.09.